The van der Waals surface area contributed by atoms with Gasteiger partial charge < -0.3 is 18.8 Å². The highest BCUT2D eigenvalue weighted by Gasteiger charge is 2.33. The molecule has 1 fully saturated rings. The van der Waals surface area contributed by atoms with Crippen molar-refractivity contribution in [2.24, 2.45) is 0 Å². The number of fused-ring (bicyclic) bond motifs is 1. The Morgan fingerprint density at radius 3 is 2.68 bits per heavy atom. The number of ether oxygens (including phenoxy) is 2. The van der Waals surface area contributed by atoms with Crippen LogP contribution in [0.2, 0.25) is 0 Å². The standard InChI is InChI=1S/C17H17NO4/c19-17(13-5-6-20-11-13)18(14-2-3-14)10-12-1-4-15-16(9-12)22-8-7-21-15/h1,4-6,9,11,14H,2-3,7-8,10H2. The van der Waals surface area contributed by atoms with Crippen LogP contribution >= 0.6 is 0 Å². The molecule has 1 aromatic carbocycles. The molecular weight excluding hydrogens is 282 g/mol. The summed E-state index contributed by atoms with van der Waals surface area (Å²) in [6.07, 6.45) is 5.16. The molecule has 0 saturated heterocycles. The molecule has 0 atom stereocenters. The number of furan rings is 1. The summed E-state index contributed by atoms with van der Waals surface area (Å²) in [5.74, 6) is 1.55. The fourth-order valence-corrected chi connectivity index (χ4v) is 2.69. The first kappa shape index (κ1) is 13.2. The third-order valence-corrected chi connectivity index (χ3v) is 3.98. The lowest BCUT2D eigenvalue weighted by atomic mass is 10.1. The molecule has 1 amide bonds. The Labute approximate surface area is 128 Å². The molecule has 4 rings (SSSR count). The fourth-order valence-electron chi connectivity index (χ4n) is 2.69. The number of carbonyl (C=O) groups excluding carboxylic acids is 1. The molecule has 0 N–H and O–H groups in total. The molecule has 1 aliphatic heterocycles. The number of benzene rings is 1. The predicted octanol–water partition coefficient (Wildman–Crippen LogP) is 2.86. The van der Waals surface area contributed by atoms with Crippen LogP contribution in [-0.4, -0.2) is 30.1 Å². The molecule has 5 heteroatoms. The summed E-state index contributed by atoms with van der Waals surface area (Å²) in [5.41, 5.74) is 1.65. The normalized spacial score (nSPS) is 16.4. The van der Waals surface area contributed by atoms with Gasteiger partial charge in [-0.25, -0.2) is 0 Å². The predicted molar refractivity (Wildman–Crippen MR) is 79.0 cm³/mol. The summed E-state index contributed by atoms with van der Waals surface area (Å²) in [5, 5.41) is 0. The molecule has 22 heavy (non-hydrogen) atoms. The largest absolute Gasteiger partial charge is 0.486 e. The van der Waals surface area contributed by atoms with Gasteiger partial charge in [-0.05, 0) is 36.6 Å². The zero-order valence-corrected chi connectivity index (χ0v) is 12.2. The fraction of sp³-hybridized carbons (Fsp3) is 0.353. The maximum atomic E-state index is 12.6. The number of hydrogen-bond donors (Lipinski definition) is 0. The van der Waals surface area contributed by atoms with E-state index in [4.69, 9.17) is 13.9 Å². The van der Waals surface area contributed by atoms with Crippen LogP contribution in [0.25, 0.3) is 0 Å². The summed E-state index contributed by atoms with van der Waals surface area (Å²) in [6.45, 7) is 1.72. The Bertz CT molecular complexity index is 676. The second-order valence-corrected chi connectivity index (χ2v) is 5.65. The van der Waals surface area contributed by atoms with Crippen molar-refractivity contribution in [2.75, 3.05) is 13.2 Å². The van der Waals surface area contributed by atoms with Gasteiger partial charge in [0.15, 0.2) is 11.5 Å². The van der Waals surface area contributed by atoms with E-state index in [-0.39, 0.29) is 5.91 Å². The van der Waals surface area contributed by atoms with Gasteiger partial charge in [0.25, 0.3) is 5.91 Å². The first-order valence-electron chi connectivity index (χ1n) is 7.53. The molecule has 2 aliphatic rings. The van der Waals surface area contributed by atoms with Crippen LogP contribution in [0.1, 0.15) is 28.8 Å². The van der Waals surface area contributed by atoms with Gasteiger partial charge in [0, 0.05) is 12.6 Å². The number of amides is 1. The SMILES string of the molecule is O=C(c1ccoc1)N(Cc1ccc2c(c1)OCCO2)C1CC1. The van der Waals surface area contributed by atoms with Crippen molar-refractivity contribution in [3.63, 3.8) is 0 Å². The zero-order chi connectivity index (χ0) is 14.9. The van der Waals surface area contributed by atoms with E-state index in [0.717, 1.165) is 29.9 Å². The minimum Gasteiger partial charge on any atom is -0.486 e. The van der Waals surface area contributed by atoms with Crippen molar-refractivity contribution >= 4 is 5.91 Å². The van der Waals surface area contributed by atoms with Crippen molar-refractivity contribution in [3.8, 4) is 11.5 Å². The van der Waals surface area contributed by atoms with Crippen molar-refractivity contribution in [2.45, 2.75) is 25.4 Å². The highest BCUT2D eigenvalue weighted by atomic mass is 16.6. The van der Waals surface area contributed by atoms with E-state index >= 15 is 0 Å². The van der Waals surface area contributed by atoms with E-state index in [9.17, 15) is 4.79 Å². The van der Waals surface area contributed by atoms with Crippen molar-refractivity contribution in [3.05, 3.63) is 47.9 Å². The zero-order valence-electron chi connectivity index (χ0n) is 12.2. The molecule has 5 nitrogen and oxygen atoms in total. The van der Waals surface area contributed by atoms with E-state index in [1.807, 2.05) is 23.1 Å². The topological polar surface area (TPSA) is 51.9 Å². The summed E-state index contributed by atoms with van der Waals surface area (Å²) in [4.78, 5) is 14.5. The van der Waals surface area contributed by atoms with E-state index in [0.29, 0.717) is 31.4 Å². The number of carbonyl (C=O) groups is 1. The highest BCUT2D eigenvalue weighted by molar-refractivity contribution is 5.94. The van der Waals surface area contributed by atoms with Crippen LogP contribution in [0.4, 0.5) is 0 Å². The lowest BCUT2D eigenvalue weighted by Gasteiger charge is -2.23. The second-order valence-electron chi connectivity index (χ2n) is 5.65. The lowest BCUT2D eigenvalue weighted by molar-refractivity contribution is 0.0729. The number of nitrogens with zero attached hydrogens (tertiary/aromatic N) is 1. The first-order valence-corrected chi connectivity index (χ1v) is 7.53. The Kier molecular flexibility index (Phi) is 3.25. The Morgan fingerprint density at radius 1 is 1.14 bits per heavy atom. The van der Waals surface area contributed by atoms with Gasteiger partial charge in [-0.3, -0.25) is 4.79 Å². The smallest absolute Gasteiger partial charge is 0.257 e. The van der Waals surface area contributed by atoms with Crippen molar-refractivity contribution in [1.82, 2.24) is 4.90 Å². The van der Waals surface area contributed by atoms with Gasteiger partial charge in [-0.2, -0.15) is 0 Å². The van der Waals surface area contributed by atoms with Crippen molar-refractivity contribution in [1.29, 1.82) is 0 Å². The molecule has 114 valence electrons. The van der Waals surface area contributed by atoms with Crippen LogP contribution in [0, 0.1) is 0 Å². The third-order valence-electron chi connectivity index (χ3n) is 3.98. The lowest BCUT2D eigenvalue weighted by Crippen LogP contribution is -2.32. The van der Waals surface area contributed by atoms with Crippen LogP contribution in [0.3, 0.4) is 0 Å². The monoisotopic (exact) mass is 299 g/mol. The van der Waals surface area contributed by atoms with E-state index in [1.54, 1.807) is 6.07 Å². The van der Waals surface area contributed by atoms with Gasteiger partial charge >= 0.3 is 0 Å². The molecular formula is C17H17NO4. The molecule has 2 aromatic rings. The van der Waals surface area contributed by atoms with Gasteiger partial charge in [0.05, 0.1) is 11.8 Å². The maximum Gasteiger partial charge on any atom is 0.257 e. The van der Waals surface area contributed by atoms with Crippen LogP contribution in [0.15, 0.2) is 41.2 Å². The highest BCUT2D eigenvalue weighted by Crippen LogP contribution is 2.34. The third kappa shape index (κ3) is 2.54. The van der Waals surface area contributed by atoms with E-state index in [2.05, 4.69) is 0 Å². The summed E-state index contributed by atoms with van der Waals surface area (Å²) >= 11 is 0. The number of hydrogen-bond acceptors (Lipinski definition) is 4. The second kappa shape index (κ2) is 5.40. The summed E-state index contributed by atoms with van der Waals surface area (Å²) in [6, 6.07) is 7.91. The van der Waals surface area contributed by atoms with Gasteiger partial charge in [-0.15, -0.1) is 0 Å². The van der Waals surface area contributed by atoms with Gasteiger partial charge in [-0.1, -0.05) is 6.07 Å². The summed E-state index contributed by atoms with van der Waals surface area (Å²) < 4.78 is 16.2. The molecule has 1 aliphatic carbocycles. The molecule has 0 radical (unpaired) electrons. The maximum absolute atomic E-state index is 12.6. The average Bonchev–Trinajstić information content (AvgIpc) is 3.25. The quantitative estimate of drug-likeness (QED) is 0.871. The Hall–Kier alpha value is -2.43. The molecule has 2 heterocycles. The Morgan fingerprint density at radius 2 is 1.95 bits per heavy atom. The van der Waals surface area contributed by atoms with E-state index in [1.165, 1.54) is 12.5 Å². The average molecular weight is 299 g/mol. The molecule has 0 unspecified atom stereocenters. The molecule has 1 saturated carbocycles. The van der Waals surface area contributed by atoms with E-state index < -0.39 is 0 Å². The van der Waals surface area contributed by atoms with Crippen LogP contribution in [0.5, 0.6) is 11.5 Å². The van der Waals surface area contributed by atoms with Crippen LogP contribution in [-0.2, 0) is 6.54 Å². The van der Waals surface area contributed by atoms with Gasteiger partial charge in [0.2, 0.25) is 0 Å². The van der Waals surface area contributed by atoms with Crippen molar-refractivity contribution < 1.29 is 18.7 Å². The Balaban J connectivity index is 1.56. The minimum absolute atomic E-state index is 0.0196. The summed E-state index contributed by atoms with van der Waals surface area (Å²) in [7, 11) is 0. The molecule has 0 bridgehead atoms. The molecule has 1 aromatic heterocycles. The van der Waals surface area contributed by atoms with Gasteiger partial charge in [0.1, 0.15) is 19.5 Å². The first-order chi connectivity index (χ1) is 10.8. The minimum atomic E-state index is 0.0196. The van der Waals surface area contributed by atoms with Crippen LogP contribution < -0.4 is 9.47 Å². The number of rotatable bonds is 4. The molecule has 0 spiro atoms.